The zero-order chi connectivity index (χ0) is 17.0. The van der Waals surface area contributed by atoms with Gasteiger partial charge in [0.15, 0.2) is 6.10 Å². The molecule has 1 aliphatic rings. The summed E-state index contributed by atoms with van der Waals surface area (Å²) in [4.78, 5) is 24.7. The third kappa shape index (κ3) is 5.11. The molecule has 1 saturated heterocycles. The van der Waals surface area contributed by atoms with Gasteiger partial charge < -0.3 is 20.7 Å². The predicted molar refractivity (Wildman–Crippen MR) is 84.4 cm³/mol. The number of morpholine rings is 1. The highest BCUT2D eigenvalue weighted by Crippen LogP contribution is 2.17. The molecule has 2 rings (SSSR count). The van der Waals surface area contributed by atoms with Gasteiger partial charge >= 0.3 is 6.03 Å². The fraction of sp³-hybridized carbons (Fsp3) is 0.385. The van der Waals surface area contributed by atoms with Crippen molar-refractivity contribution in [3.8, 4) is 0 Å². The summed E-state index contributed by atoms with van der Waals surface area (Å²) in [6.45, 7) is 0.621. The van der Waals surface area contributed by atoms with E-state index in [1.807, 2.05) is 0 Å². The normalized spacial score (nSPS) is 18.3. The van der Waals surface area contributed by atoms with Crippen molar-refractivity contribution in [1.82, 2.24) is 4.90 Å². The van der Waals surface area contributed by atoms with E-state index < -0.39 is 28.1 Å². The molecule has 0 aromatic heterocycles. The van der Waals surface area contributed by atoms with Gasteiger partial charge in [0.1, 0.15) is 0 Å². The Kier molecular flexibility index (Phi) is 5.06. The first-order valence-electron chi connectivity index (χ1n) is 6.79. The number of benzene rings is 1. The van der Waals surface area contributed by atoms with Gasteiger partial charge in [-0.2, -0.15) is 0 Å². The highest BCUT2D eigenvalue weighted by atomic mass is 32.2. The van der Waals surface area contributed by atoms with Crippen molar-refractivity contribution in [2.45, 2.75) is 6.10 Å². The smallest absolute Gasteiger partial charge is 0.322 e. The van der Waals surface area contributed by atoms with Crippen molar-refractivity contribution >= 4 is 33.3 Å². The number of hydrogen-bond acceptors (Lipinski definition) is 5. The molecule has 0 radical (unpaired) electrons. The summed E-state index contributed by atoms with van der Waals surface area (Å²) >= 11 is 0. The van der Waals surface area contributed by atoms with Crippen LogP contribution >= 0.6 is 0 Å². The first-order chi connectivity index (χ1) is 10.7. The molecule has 1 heterocycles. The van der Waals surface area contributed by atoms with Crippen LogP contribution in [0, 0.1) is 0 Å². The predicted octanol–water partition coefficient (Wildman–Crippen LogP) is -0.224. The van der Waals surface area contributed by atoms with E-state index in [1.54, 1.807) is 18.2 Å². The molecule has 1 fully saturated rings. The number of nitrogens with zero attached hydrogens (tertiary/aromatic N) is 1. The second-order valence-electron chi connectivity index (χ2n) is 5.09. The highest BCUT2D eigenvalue weighted by Gasteiger charge is 2.27. The summed E-state index contributed by atoms with van der Waals surface area (Å²) in [6, 6.07) is 5.86. The monoisotopic (exact) mass is 342 g/mol. The molecule has 1 aliphatic heterocycles. The maximum Gasteiger partial charge on any atom is 0.322 e. The second-order valence-corrected chi connectivity index (χ2v) is 6.84. The van der Waals surface area contributed by atoms with Crippen molar-refractivity contribution in [3.63, 3.8) is 0 Å². The number of primary amides is 1. The van der Waals surface area contributed by atoms with Gasteiger partial charge in [0.2, 0.25) is 15.9 Å². The molecular weight excluding hydrogens is 324 g/mol. The standard InChI is InChI=1S/C13H18N4O5S/c1-23(20,21)16-10-4-2-3-9(7-10)15-13(19)17-5-6-22-11(8-17)12(14)18/h2-4,7,11,16H,5-6,8H2,1H3,(H2,14,18)(H,15,19)/t11-/m1/s1. The Hall–Kier alpha value is -2.33. The van der Waals surface area contributed by atoms with Crippen LogP contribution < -0.4 is 15.8 Å². The average molecular weight is 342 g/mol. The number of anilines is 2. The number of carbonyl (C=O) groups excluding carboxylic acids is 2. The largest absolute Gasteiger partial charge is 0.367 e. The Morgan fingerprint density at radius 1 is 1.35 bits per heavy atom. The van der Waals surface area contributed by atoms with E-state index in [2.05, 4.69) is 10.0 Å². The summed E-state index contributed by atoms with van der Waals surface area (Å²) in [5.74, 6) is -0.623. The van der Waals surface area contributed by atoms with Gasteiger partial charge in [0.25, 0.3) is 0 Å². The van der Waals surface area contributed by atoms with E-state index in [0.29, 0.717) is 17.9 Å². The molecule has 1 aromatic carbocycles. The van der Waals surface area contributed by atoms with E-state index in [1.165, 1.54) is 11.0 Å². The molecule has 0 unspecified atom stereocenters. The third-order valence-corrected chi connectivity index (χ3v) is 3.69. The van der Waals surface area contributed by atoms with Crippen LogP contribution in [0.2, 0.25) is 0 Å². The topological polar surface area (TPSA) is 131 Å². The Labute approximate surface area is 133 Å². The molecule has 0 saturated carbocycles. The summed E-state index contributed by atoms with van der Waals surface area (Å²) in [6.07, 6.45) is 0.211. The lowest BCUT2D eigenvalue weighted by molar-refractivity contribution is -0.133. The van der Waals surface area contributed by atoms with Crippen LogP contribution in [-0.4, -0.2) is 57.3 Å². The van der Waals surface area contributed by atoms with Gasteiger partial charge in [-0.1, -0.05) is 6.07 Å². The van der Waals surface area contributed by atoms with Crippen molar-refractivity contribution in [2.75, 3.05) is 36.0 Å². The van der Waals surface area contributed by atoms with Crippen LogP contribution in [0.1, 0.15) is 0 Å². The number of carbonyl (C=O) groups is 2. The number of nitrogens with one attached hydrogen (secondary N) is 2. The highest BCUT2D eigenvalue weighted by molar-refractivity contribution is 7.92. The summed E-state index contributed by atoms with van der Waals surface area (Å²) in [7, 11) is -3.40. The summed E-state index contributed by atoms with van der Waals surface area (Å²) in [5, 5.41) is 2.64. The average Bonchev–Trinajstić information content (AvgIpc) is 2.46. The fourth-order valence-electron chi connectivity index (χ4n) is 2.08. The van der Waals surface area contributed by atoms with Gasteiger partial charge in [0.05, 0.1) is 25.1 Å². The molecule has 1 aromatic rings. The van der Waals surface area contributed by atoms with Crippen molar-refractivity contribution in [2.24, 2.45) is 5.73 Å². The van der Waals surface area contributed by atoms with Crippen molar-refractivity contribution in [3.05, 3.63) is 24.3 Å². The molecule has 126 valence electrons. The molecule has 9 nitrogen and oxygen atoms in total. The Morgan fingerprint density at radius 3 is 2.70 bits per heavy atom. The molecule has 0 spiro atoms. The van der Waals surface area contributed by atoms with Crippen LogP contribution in [-0.2, 0) is 19.6 Å². The lowest BCUT2D eigenvalue weighted by Crippen LogP contribution is -2.51. The number of hydrogen-bond donors (Lipinski definition) is 3. The number of rotatable bonds is 4. The number of urea groups is 1. The van der Waals surface area contributed by atoms with Crippen LogP contribution in [0.15, 0.2) is 24.3 Å². The molecule has 4 N–H and O–H groups in total. The fourth-order valence-corrected chi connectivity index (χ4v) is 2.64. The van der Waals surface area contributed by atoms with Gasteiger partial charge in [0, 0.05) is 12.2 Å². The van der Waals surface area contributed by atoms with Crippen LogP contribution in [0.4, 0.5) is 16.2 Å². The second kappa shape index (κ2) is 6.84. The molecular formula is C13H18N4O5S. The zero-order valence-electron chi connectivity index (χ0n) is 12.5. The molecule has 0 bridgehead atoms. The Balaban J connectivity index is 2.02. The summed E-state index contributed by atoms with van der Waals surface area (Å²) in [5.41, 5.74) is 5.93. The number of nitrogens with two attached hydrogens (primary N) is 1. The molecule has 0 aliphatic carbocycles. The molecule has 23 heavy (non-hydrogen) atoms. The summed E-state index contributed by atoms with van der Waals surface area (Å²) < 4.78 is 29.9. The van der Waals surface area contributed by atoms with E-state index in [0.717, 1.165) is 6.26 Å². The Bertz CT molecular complexity index is 706. The van der Waals surface area contributed by atoms with Crippen LogP contribution in [0.25, 0.3) is 0 Å². The minimum atomic E-state index is -3.40. The SMILES string of the molecule is CS(=O)(=O)Nc1cccc(NC(=O)N2CCO[C@@H](C(N)=O)C2)c1. The van der Waals surface area contributed by atoms with Gasteiger partial charge in [-0.05, 0) is 18.2 Å². The van der Waals surface area contributed by atoms with Crippen LogP contribution in [0.3, 0.4) is 0 Å². The van der Waals surface area contributed by atoms with Crippen LogP contribution in [0.5, 0.6) is 0 Å². The lowest BCUT2D eigenvalue weighted by Gasteiger charge is -2.31. The lowest BCUT2D eigenvalue weighted by atomic mass is 10.2. The minimum absolute atomic E-state index is 0.0719. The van der Waals surface area contributed by atoms with E-state index in [9.17, 15) is 18.0 Å². The van der Waals surface area contributed by atoms with Gasteiger partial charge in [-0.3, -0.25) is 9.52 Å². The quantitative estimate of drug-likeness (QED) is 0.696. The first-order valence-corrected chi connectivity index (χ1v) is 8.68. The van der Waals surface area contributed by atoms with E-state index in [4.69, 9.17) is 10.5 Å². The van der Waals surface area contributed by atoms with Crippen molar-refractivity contribution in [1.29, 1.82) is 0 Å². The molecule has 10 heteroatoms. The third-order valence-electron chi connectivity index (χ3n) is 3.09. The number of sulfonamides is 1. The maximum atomic E-state index is 12.2. The van der Waals surface area contributed by atoms with Crippen molar-refractivity contribution < 1.29 is 22.7 Å². The Morgan fingerprint density at radius 2 is 2.04 bits per heavy atom. The minimum Gasteiger partial charge on any atom is -0.367 e. The molecule has 1 atom stereocenters. The van der Waals surface area contributed by atoms with Gasteiger partial charge in [-0.15, -0.1) is 0 Å². The van der Waals surface area contributed by atoms with Gasteiger partial charge in [-0.25, -0.2) is 13.2 Å². The van der Waals surface area contributed by atoms with E-state index in [-0.39, 0.29) is 13.2 Å². The first kappa shape index (κ1) is 17.0. The maximum absolute atomic E-state index is 12.2. The number of amides is 3. The molecule has 3 amide bonds. The zero-order valence-corrected chi connectivity index (χ0v) is 13.3. The van der Waals surface area contributed by atoms with E-state index >= 15 is 0 Å². The number of ether oxygens (including phenoxy) is 1.